The minimum Gasteiger partial charge on any atom is -0.343 e. The molecule has 1 fully saturated rings. The van der Waals surface area contributed by atoms with Crippen LogP contribution in [-0.2, 0) is 27.2 Å². The van der Waals surface area contributed by atoms with Crippen molar-refractivity contribution in [2.24, 2.45) is 0 Å². The van der Waals surface area contributed by atoms with Gasteiger partial charge in [-0.05, 0) is 18.2 Å². The molecule has 0 radical (unpaired) electrons. The van der Waals surface area contributed by atoms with Crippen LogP contribution < -0.4 is 0 Å². The van der Waals surface area contributed by atoms with Crippen molar-refractivity contribution in [3.63, 3.8) is 0 Å². The van der Waals surface area contributed by atoms with E-state index >= 15 is 0 Å². The molecule has 25 heavy (non-hydrogen) atoms. The Bertz CT molecular complexity index is 720. The first kappa shape index (κ1) is 19.5. The lowest BCUT2D eigenvalue weighted by atomic mass is 10.1. The fraction of sp³-hybridized carbons (Fsp3) is 0.462. The topological polar surface area (TPSA) is 57.7 Å². The van der Waals surface area contributed by atoms with Gasteiger partial charge >= 0.3 is 12.4 Å². The van der Waals surface area contributed by atoms with Gasteiger partial charge in [0, 0.05) is 26.2 Å². The molecule has 1 saturated heterocycles. The van der Waals surface area contributed by atoms with Crippen molar-refractivity contribution in [3.05, 3.63) is 29.3 Å². The number of benzene rings is 1. The van der Waals surface area contributed by atoms with Crippen molar-refractivity contribution in [3.8, 4) is 0 Å². The van der Waals surface area contributed by atoms with Gasteiger partial charge in [-0.25, -0.2) is 8.42 Å². The predicted molar refractivity (Wildman–Crippen MR) is 72.8 cm³/mol. The van der Waals surface area contributed by atoms with Gasteiger partial charge in [0.1, 0.15) is 0 Å². The Hall–Kier alpha value is -1.82. The maximum absolute atomic E-state index is 12.8. The van der Waals surface area contributed by atoms with Crippen molar-refractivity contribution >= 4 is 16.4 Å². The monoisotopic (exact) mass is 390 g/mol. The quantitative estimate of drug-likeness (QED) is 0.587. The van der Waals surface area contributed by atoms with Gasteiger partial charge in [0.05, 0.1) is 16.0 Å². The highest BCUT2D eigenvalue weighted by atomic mass is 32.2. The van der Waals surface area contributed by atoms with Crippen LogP contribution in [-0.4, -0.2) is 50.2 Å². The zero-order chi connectivity index (χ0) is 19.0. The fourth-order valence-electron chi connectivity index (χ4n) is 2.27. The molecule has 1 aliphatic heterocycles. The van der Waals surface area contributed by atoms with E-state index < -0.39 is 38.4 Å². The molecule has 1 aliphatic rings. The first-order valence-electron chi connectivity index (χ1n) is 6.84. The molecular weight excluding hydrogens is 378 g/mol. The van der Waals surface area contributed by atoms with E-state index in [4.69, 9.17) is 0 Å². The van der Waals surface area contributed by atoms with Crippen LogP contribution in [0.25, 0.3) is 0 Å². The summed E-state index contributed by atoms with van der Waals surface area (Å²) < 4.78 is 103. The average Bonchev–Trinajstić information content (AvgIpc) is 2.53. The summed E-state index contributed by atoms with van der Waals surface area (Å²) in [5.41, 5.74) is -3.40. The number of hydrogen-bond donors (Lipinski definition) is 0. The average molecular weight is 390 g/mol. The largest absolute Gasteiger partial charge is 0.416 e. The third-order valence-corrected chi connectivity index (χ3v) is 5.50. The highest BCUT2D eigenvalue weighted by molar-refractivity contribution is 7.89. The predicted octanol–water partition coefficient (Wildman–Crippen LogP) is 2.19. The van der Waals surface area contributed by atoms with Crippen LogP contribution in [0.2, 0.25) is 0 Å². The molecule has 1 amide bonds. The molecule has 1 heterocycles. The minimum atomic E-state index is -5.14. The summed E-state index contributed by atoms with van der Waals surface area (Å²) in [5.74, 6) is 0. The molecule has 0 atom stereocenters. The molecular formula is C13H12F6N2O3S. The van der Waals surface area contributed by atoms with Crippen LogP contribution in [0.1, 0.15) is 11.1 Å². The van der Waals surface area contributed by atoms with E-state index in [0.29, 0.717) is 6.41 Å². The molecule has 0 unspecified atom stereocenters. The molecule has 5 nitrogen and oxygen atoms in total. The molecule has 0 spiro atoms. The summed E-state index contributed by atoms with van der Waals surface area (Å²) in [6.45, 7) is -0.459. The first-order valence-corrected chi connectivity index (χ1v) is 8.28. The third-order valence-electron chi connectivity index (χ3n) is 3.62. The zero-order valence-electron chi connectivity index (χ0n) is 12.4. The number of halogens is 6. The molecule has 0 aromatic heterocycles. The molecule has 12 heteroatoms. The van der Waals surface area contributed by atoms with E-state index in [0.717, 1.165) is 4.31 Å². The van der Waals surface area contributed by atoms with Gasteiger partial charge in [0.2, 0.25) is 16.4 Å². The summed E-state index contributed by atoms with van der Waals surface area (Å²) >= 11 is 0. The van der Waals surface area contributed by atoms with Gasteiger partial charge in [0.15, 0.2) is 0 Å². The van der Waals surface area contributed by atoms with Crippen LogP contribution in [0.3, 0.4) is 0 Å². The number of carbonyl (C=O) groups excluding carboxylic acids is 1. The van der Waals surface area contributed by atoms with Gasteiger partial charge in [0.25, 0.3) is 0 Å². The number of hydrogen-bond acceptors (Lipinski definition) is 3. The van der Waals surface area contributed by atoms with Crippen LogP contribution in [0.15, 0.2) is 23.1 Å². The molecule has 2 rings (SSSR count). The number of nitrogens with zero attached hydrogens (tertiary/aromatic N) is 2. The van der Waals surface area contributed by atoms with Crippen LogP contribution in [0, 0.1) is 0 Å². The molecule has 0 aliphatic carbocycles. The molecule has 1 aromatic carbocycles. The Morgan fingerprint density at radius 1 is 0.840 bits per heavy atom. The minimum absolute atomic E-state index is 0.00613. The summed E-state index contributed by atoms with van der Waals surface area (Å²) in [4.78, 5) is 10.8. The van der Waals surface area contributed by atoms with E-state index in [1.807, 2.05) is 0 Å². The second-order valence-electron chi connectivity index (χ2n) is 5.29. The van der Waals surface area contributed by atoms with Gasteiger partial charge in [-0.1, -0.05) is 0 Å². The van der Waals surface area contributed by atoms with Crippen molar-refractivity contribution in [2.45, 2.75) is 17.2 Å². The van der Waals surface area contributed by atoms with Gasteiger partial charge in [-0.2, -0.15) is 30.6 Å². The first-order chi connectivity index (χ1) is 11.4. The van der Waals surface area contributed by atoms with Gasteiger partial charge < -0.3 is 4.90 Å². The van der Waals surface area contributed by atoms with Gasteiger partial charge in [-0.15, -0.1) is 0 Å². The second-order valence-corrected chi connectivity index (χ2v) is 7.22. The Morgan fingerprint density at radius 3 is 1.64 bits per heavy atom. The molecule has 1 aromatic rings. The van der Waals surface area contributed by atoms with E-state index in [1.54, 1.807) is 0 Å². The van der Waals surface area contributed by atoms with E-state index in [2.05, 4.69) is 0 Å². The lowest BCUT2D eigenvalue weighted by molar-refractivity contribution is -0.143. The lowest BCUT2D eigenvalue weighted by Crippen LogP contribution is -2.48. The van der Waals surface area contributed by atoms with Gasteiger partial charge in [-0.3, -0.25) is 4.79 Å². The van der Waals surface area contributed by atoms with Crippen molar-refractivity contribution in [2.75, 3.05) is 26.2 Å². The normalized spacial score (nSPS) is 17.6. The van der Waals surface area contributed by atoms with Crippen molar-refractivity contribution in [1.82, 2.24) is 9.21 Å². The van der Waals surface area contributed by atoms with Crippen LogP contribution in [0.4, 0.5) is 26.3 Å². The number of piperazine rings is 1. The number of carbonyl (C=O) groups is 1. The molecule has 0 saturated carbocycles. The highest BCUT2D eigenvalue weighted by Crippen LogP contribution is 2.37. The summed E-state index contributed by atoms with van der Waals surface area (Å²) in [6, 6.07) is 0.219. The summed E-state index contributed by atoms with van der Waals surface area (Å²) in [7, 11) is -4.57. The maximum atomic E-state index is 12.8. The number of alkyl halides is 6. The fourth-order valence-corrected chi connectivity index (χ4v) is 3.77. The molecule has 140 valence electrons. The summed E-state index contributed by atoms with van der Waals surface area (Å²) in [6.07, 6.45) is -9.79. The highest BCUT2D eigenvalue weighted by Gasteiger charge is 2.39. The number of amides is 1. The second kappa shape index (κ2) is 6.48. The van der Waals surface area contributed by atoms with Crippen molar-refractivity contribution in [1.29, 1.82) is 0 Å². The van der Waals surface area contributed by atoms with Crippen molar-refractivity contribution < 1.29 is 39.6 Å². The molecule has 0 bridgehead atoms. The van der Waals surface area contributed by atoms with Crippen LogP contribution in [0.5, 0.6) is 0 Å². The van der Waals surface area contributed by atoms with E-state index in [9.17, 15) is 39.6 Å². The summed E-state index contributed by atoms with van der Waals surface area (Å²) in [5, 5.41) is 0. The SMILES string of the molecule is O=CN1CCN(S(=O)(=O)c2cc(C(F)(F)F)cc(C(F)(F)F)c2)CC1. The smallest absolute Gasteiger partial charge is 0.343 e. The third kappa shape index (κ3) is 4.24. The Kier molecular flexibility index (Phi) is 5.06. The number of rotatable bonds is 3. The molecule has 0 N–H and O–H groups in total. The number of sulfonamides is 1. The van der Waals surface area contributed by atoms with E-state index in [-0.39, 0.29) is 44.4 Å². The van der Waals surface area contributed by atoms with Crippen LogP contribution >= 0.6 is 0 Å². The Morgan fingerprint density at radius 2 is 1.28 bits per heavy atom. The zero-order valence-corrected chi connectivity index (χ0v) is 13.2. The lowest BCUT2D eigenvalue weighted by Gasteiger charge is -2.31. The maximum Gasteiger partial charge on any atom is 0.416 e. The van der Waals surface area contributed by atoms with E-state index in [1.165, 1.54) is 4.90 Å². The standard InChI is InChI=1S/C13H12F6N2O3S/c14-12(15,16)9-5-10(13(17,18)19)7-11(6-9)25(23,24)21-3-1-20(8-22)2-4-21/h5-8H,1-4H2. The Balaban J connectivity index is 2.48. The Labute approximate surface area is 138 Å².